The Balaban J connectivity index is 1.75. The minimum absolute atomic E-state index is 0.0933. The van der Waals surface area contributed by atoms with Gasteiger partial charge in [0.15, 0.2) is 23.2 Å². The highest BCUT2D eigenvalue weighted by molar-refractivity contribution is 5.73. The molecular formula is C26H24F4O. The zero-order valence-corrected chi connectivity index (χ0v) is 17.5. The van der Waals surface area contributed by atoms with E-state index in [9.17, 15) is 17.6 Å². The van der Waals surface area contributed by atoms with Crippen molar-refractivity contribution < 1.29 is 22.3 Å². The zero-order chi connectivity index (χ0) is 22.4. The van der Waals surface area contributed by atoms with Crippen LogP contribution >= 0.6 is 0 Å². The van der Waals surface area contributed by atoms with Gasteiger partial charge in [-0.1, -0.05) is 68.3 Å². The number of hydrogen-bond acceptors (Lipinski definition) is 1. The summed E-state index contributed by atoms with van der Waals surface area (Å²) in [6.45, 7) is 3.89. The van der Waals surface area contributed by atoms with Gasteiger partial charge in [-0.05, 0) is 42.2 Å². The van der Waals surface area contributed by atoms with E-state index in [4.69, 9.17) is 4.74 Å². The average Bonchev–Trinajstić information content (AvgIpc) is 2.78. The quantitative estimate of drug-likeness (QED) is 0.201. The van der Waals surface area contributed by atoms with Crippen LogP contribution in [0.15, 0.2) is 48.5 Å². The van der Waals surface area contributed by atoms with Crippen LogP contribution < -0.4 is 4.74 Å². The van der Waals surface area contributed by atoms with Crippen molar-refractivity contribution in [1.82, 2.24) is 0 Å². The molecule has 0 atom stereocenters. The van der Waals surface area contributed by atoms with Gasteiger partial charge in [-0.25, -0.2) is 13.2 Å². The average molecular weight is 428 g/mol. The van der Waals surface area contributed by atoms with Crippen molar-refractivity contribution in [2.75, 3.05) is 6.61 Å². The molecule has 1 nitrogen and oxygen atoms in total. The molecule has 0 amide bonds. The van der Waals surface area contributed by atoms with Gasteiger partial charge < -0.3 is 4.74 Å². The third-order valence-electron chi connectivity index (χ3n) is 5.03. The Morgan fingerprint density at radius 3 is 2.19 bits per heavy atom. The maximum atomic E-state index is 14.6. The predicted molar refractivity (Wildman–Crippen MR) is 117 cm³/mol. The fourth-order valence-electron chi connectivity index (χ4n) is 3.15. The minimum Gasteiger partial charge on any atom is -0.490 e. The lowest BCUT2D eigenvalue weighted by Gasteiger charge is -2.10. The first-order valence-corrected chi connectivity index (χ1v) is 10.3. The molecule has 3 aromatic carbocycles. The van der Waals surface area contributed by atoms with Crippen LogP contribution in [0.2, 0.25) is 0 Å². The van der Waals surface area contributed by atoms with Gasteiger partial charge >= 0.3 is 0 Å². The van der Waals surface area contributed by atoms with Crippen molar-refractivity contribution in [2.45, 2.75) is 33.1 Å². The van der Waals surface area contributed by atoms with Crippen LogP contribution in [-0.4, -0.2) is 6.61 Å². The number of unbranched alkanes of at least 4 members (excludes halogenated alkanes) is 2. The zero-order valence-electron chi connectivity index (χ0n) is 17.5. The van der Waals surface area contributed by atoms with Crippen LogP contribution in [0, 0.1) is 30.2 Å². The highest BCUT2D eigenvalue weighted by atomic mass is 19.2. The highest BCUT2D eigenvalue weighted by Crippen LogP contribution is 2.30. The molecule has 0 aliphatic carbocycles. The number of aryl methyl sites for hydroxylation is 1. The van der Waals surface area contributed by atoms with Gasteiger partial charge in [0.05, 0.1) is 6.61 Å². The van der Waals surface area contributed by atoms with Gasteiger partial charge in [0.2, 0.25) is 5.82 Å². The monoisotopic (exact) mass is 428 g/mol. The number of ether oxygens (including phenoxy) is 1. The molecule has 3 aromatic rings. The van der Waals surface area contributed by atoms with E-state index >= 15 is 0 Å². The smallest absolute Gasteiger partial charge is 0.201 e. The van der Waals surface area contributed by atoms with Crippen molar-refractivity contribution in [3.63, 3.8) is 0 Å². The topological polar surface area (TPSA) is 9.23 Å². The predicted octanol–water partition coefficient (Wildman–Crippen LogP) is 7.96. The summed E-state index contributed by atoms with van der Waals surface area (Å²) < 4.78 is 61.9. The Bertz CT molecular complexity index is 1070. The van der Waals surface area contributed by atoms with Gasteiger partial charge in [-0.3, -0.25) is 0 Å². The molecule has 0 unspecified atom stereocenters. The first-order chi connectivity index (χ1) is 14.9. The lowest BCUT2D eigenvalue weighted by Crippen LogP contribution is -2.01. The number of hydrogen-bond donors (Lipinski definition) is 0. The summed E-state index contributed by atoms with van der Waals surface area (Å²) in [5, 5.41) is 0. The number of benzene rings is 3. The molecule has 162 valence electrons. The molecule has 0 spiro atoms. The first-order valence-electron chi connectivity index (χ1n) is 10.3. The molecule has 3 rings (SSSR count). The van der Waals surface area contributed by atoms with E-state index < -0.39 is 23.3 Å². The summed E-state index contributed by atoms with van der Waals surface area (Å²) in [5.41, 5.74) is 1.71. The summed E-state index contributed by atoms with van der Waals surface area (Å²) in [7, 11) is 0. The Morgan fingerprint density at radius 1 is 0.742 bits per heavy atom. The Labute approximate surface area is 180 Å². The van der Waals surface area contributed by atoms with Gasteiger partial charge in [-0.2, -0.15) is 4.39 Å². The Hall–Kier alpha value is -3.08. The van der Waals surface area contributed by atoms with Crippen LogP contribution in [0.5, 0.6) is 5.75 Å². The third-order valence-corrected chi connectivity index (χ3v) is 5.03. The van der Waals surface area contributed by atoms with Gasteiger partial charge in [0.1, 0.15) is 0 Å². The number of halogens is 4. The summed E-state index contributed by atoms with van der Waals surface area (Å²) >= 11 is 0. The summed E-state index contributed by atoms with van der Waals surface area (Å²) in [4.78, 5) is 0. The SMILES string of the molecule is CCCCCOc1ccc(-c2ccc(/C=C/c3ccc(C)c(F)c3F)cc2)c(F)c1F. The maximum Gasteiger partial charge on any atom is 0.201 e. The molecular weight excluding hydrogens is 404 g/mol. The van der Waals surface area contributed by atoms with E-state index in [1.807, 2.05) is 0 Å². The van der Waals surface area contributed by atoms with Crippen molar-refractivity contribution in [3.05, 3.63) is 88.5 Å². The molecule has 0 heterocycles. The second kappa shape index (κ2) is 10.3. The highest BCUT2D eigenvalue weighted by Gasteiger charge is 2.16. The van der Waals surface area contributed by atoms with Crippen molar-refractivity contribution in [1.29, 1.82) is 0 Å². The van der Waals surface area contributed by atoms with Gasteiger partial charge in [0.25, 0.3) is 0 Å². The molecule has 0 saturated heterocycles. The second-order valence-electron chi connectivity index (χ2n) is 7.35. The largest absolute Gasteiger partial charge is 0.490 e. The van der Waals surface area contributed by atoms with E-state index in [1.165, 1.54) is 37.3 Å². The molecule has 5 heteroatoms. The maximum absolute atomic E-state index is 14.6. The van der Waals surface area contributed by atoms with E-state index in [2.05, 4.69) is 6.92 Å². The van der Waals surface area contributed by atoms with Crippen molar-refractivity contribution >= 4 is 12.2 Å². The molecule has 0 radical (unpaired) electrons. The fraction of sp³-hybridized carbons (Fsp3) is 0.231. The molecule has 0 fully saturated rings. The lowest BCUT2D eigenvalue weighted by atomic mass is 10.0. The Kier molecular flexibility index (Phi) is 7.50. The second-order valence-corrected chi connectivity index (χ2v) is 7.35. The van der Waals surface area contributed by atoms with E-state index in [-0.39, 0.29) is 22.4 Å². The van der Waals surface area contributed by atoms with E-state index in [1.54, 1.807) is 30.3 Å². The molecule has 31 heavy (non-hydrogen) atoms. The van der Waals surface area contributed by atoms with Crippen molar-refractivity contribution in [2.24, 2.45) is 0 Å². The third kappa shape index (κ3) is 5.35. The van der Waals surface area contributed by atoms with Crippen LogP contribution in [0.25, 0.3) is 23.3 Å². The number of rotatable bonds is 8. The Morgan fingerprint density at radius 2 is 1.48 bits per heavy atom. The van der Waals surface area contributed by atoms with Gasteiger partial charge in [-0.15, -0.1) is 0 Å². The normalized spacial score (nSPS) is 11.3. The van der Waals surface area contributed by atoms with Crippen LogP contribution in [0.4, 0.5) is 17.6 Å². The minimum atomic E-state index is -1.00. The first kappa shape index (κ1) is 22.6. The van der Waals surface area contributed by atoms with Crippen LogP contribution in [0.1, 0.15) is 42.9 Å². The molecule has 0 N–H and O–H groups in total. The van der Waals surface area contributed by atoms with Gasteiger partial charge in [0, 0.05) is 11.1 Å². The molecule has 0 bridgehead atoms. The molecule has 0 aliphatic rings. The summed E-state index contributed by atoms with van der Waals surface area (Å²) in [6, 6.07) is 12.6. The lowest BCUT2D eigenvalue weighted by molar-refractivity contribution is 0.286. The van der Waals surface area contributed by atoms with Crippen LogP contribution in [-0.2, 0) is 0 Å². The van der Waals surface area contributed by atoms with Crippen molar-refractivity contribution in [3.8, 4) is 16.9 Å². The van der Waals surface area contributed by atoms with E-state index in [0.717, 1.165) is 19.3 Å². The summed E-state index contributed by atoms with van der Waals surface area (Å²) in [6.07, 6.45) is 5.86. The summed E-state index contributed by atoms with van der Waals surface area (Å²) in [5.74, 6) is -3.83. The standard InChI is InChI=1S/C26H24F4O/c1-3-4-5-16-31-22-15-14-21(25(29)26(22)30)19-11-7-18(8-12-19)9-13-20-10-6-17(2)23(27)24(20)28/h6-15H,3-5,16H2,1-2H3/b13-9+. The molecule has 0 saturated carbocycles. The van der Waals surface area contributed by atoms with Crippen LogP contribution in [0.3, 0.4) is 0 Å². The molecule has 0 aromatic heterocycles. The fourth-order valence-corrected chi connectivity index (χ4v) is 3.15. The molecule has 0 aliphatic heterocycles. The van der Waals surface area contributed by atoms with E-state index in [0.29, 0.717) is 17.7 Å².